The predicted octanol–water partition coefficient (Wildman–Crippen LogP) is 4.15. The van der Waals surface area contributed by atoms with Crippen LogP contribution in [0.4, 0.5) is 0 Å². The highest BCUT2D eigenvalue weighted by Gasteiger charge is 2.31. The second-order valence-electron chi connectivity index (χ2n) is 8.61. The van der Waals surface area contributed by atoms with Gasteiger partial charge in [0.2, 0.25) is 0 Å². The molecule has 0 bridgehead atoms. The van der Waals surface area contributed by atoms with Crippen LogP contribution in [0, 0.1) is 0 Å². The Labute approximate surface area is 182 Å². The van der Waals surface area contributed by atoms with Crippen molar-refractivity contribution in [2.75, 3.05) is 26.2 Å². The summed E-state index contributed by atoms with van der Waals surface area (Å²) in [6, 6.07) is 0.645. The quantitative estimate of drug-likeness (QED) is 0.684. The van der Waals surface area contributed by atoms with Gasteiger partial charge < -0.3 is 15.1 Å². The molecule has 0 aromatic heterocycles. The summed E-state index contributed by atoms with van der Waals surface area (Å²) >= 11 is 0. The SMILES string of the molecule is C=CN1C(C(=O)N2CCCC(NC(=C)[C@@H](CC)N3CCCC3)C2)=CC(C)=C/C1=C/C. The summed E-state index contributed by atoms with van der Waals surface area (Å²) in [5.41, 5.74) is 3.87. The fourth-order valence-corrected chi connectivity index (χ4v) is 4.94. The number of likely N-dealkylation sites (tertiary alicyclic amines) is 2. The van der Waals surface area contributed by atoms with Gasteiger partial charge in [-0.3, -0.25) is 9.69 Å². The van der Waals surface area contributed by atoms with E-state index in [0.29, 0.717) is 18.3 Å². The van der Waals surface area contributed by atoms with E-state index in [1.54, 1.807) is 6.20 Å². The number of allylic oxidation sites excluding steroid dienone is 4. The Hall–Kier alpha value is -2.27. The first-order chi connectivity index (χ1) is 14.5. The van der Waals surface area contributed by atoms with Gasteiger partial charge in [0.05, 0.1) is 0 Å². The number of rotatable bonds is 7. The molecule has 5 nitrogen and oxygen atoms in total. The molecule has 0 aromatic carbocycles. The molecule has 30 heavy (non-hydrogen) atoms. The molecule has 2 fully saturated rings. The third kappa shape index (κ3) is 4.89. The third-order valence-electron chi connectivity index (χ3n) is 6.44. The molecule has 2 saturated heterocycles. The Bertz CT molecular complexity index is 757. The molecule has 3 heterocycles. The molecule has 2 atom stereocenters. The van der Waals surface area contributed by atoms with Crippen molar-refractivity contribution < 1.29 is 4.79 Å². The predicted molar refractivity (Wildman–Crippen MR) is 124 cm³/mol. The number of hydrogen-bond donors (Lipinski definition) is 1. The highest BCUT2D eigenvalue weighted by molar-refractivity contribution is 5.94. The van der Waals surface area contributed by atoms with Crippen LogP contribution in [0.5, 0.6) is 0 Å². The molecule has 0 saturated carbocycles. The summed E-state index contributed by atoms with van der Waals surface area (Å²) in [5.74, 6) is 0.0744. The molecule has 0 aliphatic carbocycles. The molecule has 3 rings (SSSR count). The Kier molecular flexibility index (Phi) is 7.59. The minimum absolute atomic E-state index is 0.0744. The molecule has 1 N–H and O–H groups in total. The molecule has 164 valence electrons. The Morgan fingerprint density at radius 3 is 2.63 bits per heavy atom. The first-order valence-corrected chi connectivity index (χ1v) is 11.4. The van der Waals surface area contributed by atoms with Crippen LogP contribution in [0.2, 0.25) is 0 Å². The molecule has 0 spiro atoms. The number of piperidine rings is 1. The normalized spacial score (nSPS) is 25.0. The summed E-state index contributed by atoms with van der Waals surface area (Å²) in [7, 11) is 0. The van der Waals surface area contributed by atoms with Gasteiger partial charge in [-0.25, -0.2) is 0 Å². The molecule has 5 heteroatoms. The van der Waals surface area contributed by atoms with Gasteiger partial charge in [0.1, 0.15) is 5.70 Å². The lowest BCUT2D eigenvalue weighted by atomic mass is 10.0. The van der Waals surface area contributed by atoms with Gasteiger partial charge in [-0.15, -0.1) is 0 Å². The van der Waals surface area contributed by atoms with Gasteiger partial charge in [0.15, 0.2) is 0 Å². The molecular formula is C25H38N4O. The summed E-state index contributed by atoms with van der Waals surface area (Å²) < 4.78 is 0. The maximum Gasteiger partial charge on any atom is 0.270 e. The van der Waals surface area contributed by atoms with Crippen molar-refractivity contribution in [3.05, 3.63) is 60.3 Å². The topological polar surface area (TPSA) is 38.8 Å². The fourth-order valence-electron chi connectivity index (χ4n) is 4.94. The largest absolute Gasteiger partial charge is 0.383 e. The van der Waals surface area contributed by atoms with Gasteiger partial charge in [0, 0.05) is 42.8 Å². The van der Waals surface area contributed by atoms with Crippen LogP contribution in [0.1, 0.15) is 52.9 Å². The van der Waals surface area contributed by atoms with E-state index in [9.17, 15) is 4.79 Å². The van der Waals surface area contributed by atoms with Crippen molar-refractivity contribution in [3.8, 4) is 0 Å². The summed E-state index contributed by atoms with van der Waals surface area (Å²) in [4.78, 5) is 19.8. The van der Waals surface area contributed by atoms with Crippen molar-refractivity contribution in [1.29, 1.82) is 0 Å². The third-order valence-corrected chi connectivity index (χ3v) is 6.44. The van der Waals surface area contributed by atoms with Gasteiger partial charge >= 0.3 is 0 Å². The number of amides is 1. The highest BCUT2D eigenvalue weighted by Crippen LogP contribution is 2.26. The number of carbonyl (C=O) groups is 1. The van der Waals surface area contributed by atoms with Gasteiger partial charge in [-0.05, 0) is 76.8 Å². The minimum atomic E-state index is 0.0744. The Balaban J connectivity index is 1.66. The number of carbonyl (C=O) groups excluding carboxylic acids is 1. The van der Waals surface area contributed by atoms with E-state index in [2.05, 4.69) is 36.4 Å². The van der Waals surface area contributed by atoms with E-state index in [1.807, 2.05) is 35.8 Å². The monoisotopic (exact) mass is 410 g/mol. The highest BCUT2D eigenvalue weighted by atomic mass is 16.2. The van der Waals surface area contributed by atoms with E-state index in [1.165, 1.54) is 25.9 Å². The van der Waals surface area contributed by atoms with Gasteiger partial charge in [-0.2, -0.15) is 0 Å². The van der Waals surface area contributed by atoms with Crippen LogP contribution in [0.15, 0.2) is 60.3 Å². The average molecular weight is 411 g/mol. The number of nitrogens with one attached hydrogen (secondary N) is 1. The van der Waals surface area contributed by atoms with E-state index in [4.69, 9.17) is 0 Å². The molecular weight excluding hydrogens is 372 g/mol. The fraction of sp³-hybridized carbons (Fsp3) is 0.560. The summed E-state index contributed by atoms with van der Waals surface area (Å²) in [6.45, 7) is 18.4. The van der Waals surface area contributed by atoms with Crippen molar-refractivity contribution in [1.82, 2.24) is 20.0 Å². The van der Waals surface area contributed by atoms with E-state index < -0.39 is 0 Å². The number of nitrogens with zero attached hydrogens (tertiary/aromatic N) is 3. The molecule has 3 aliphatic heterocycles. The van der Waals surface area contributed by atoms with Crippen LogP contribution in [-0.2, 0) is 4.79 Å². The van der Waals surface area contributed by atoms with E-state index in [0.717, 1.165) is 42.8 Å². The first-order valence-electron chi connectivity index (χ1n) is 11.4. The summed E-state index contributed by atoms with van der Waals surface area (Å²) in [5, 5.41) is 3.68. The summed E-state index contributed by atoms with van der Waals surface area (Å²) in [6.07, 6.45) is 13.5. The van der Waals surface area contributed by atoms with Crippen molar-refractivity contribution in [2.45, 2.75) is 65.0 Å². The zero-order chi connectivity index (χ0) is 21.7. The van der Waals surface area contributed by atoms with Crippen molar-refractivity contribution in [2.24, 2.45) is 0 Å². The van der Waals surface area contributed by atoms with Crippen molar-refractivity contribution >= 4 is 5.91 Å². The molecule has 1 amide bonds. The minimum Gasteiger partial charge on any atom is -0.383 e. The van der Waals surface area contributed by atoms with Crippen molar-refractivity contribution in [3.63, 3.8) is 0 Å². The van der Waals surface area contributed by atoms with Crippen LogP contribution in [-0.4, -0.2) is 58.9 Å². The first kappa shape index (κ1) is 22.4. The van der Waals surface area contributed by atoms with Crippen LogP contribution < -0.4 is 5.32 Å². The van der Waals surface area contributed by atoms with E-state index in [-0.39, 0.29) is 11.9 Å². The maximum atomic E-state index is 13.4. The standard InChI is InChI=1S/C25H38N4O/c1-6-22-16-19(4)17-24(29(22)8-3)25(30)28-15-11-12-21(18-28)26-20(5)23(7-2)27-13-9-10-14-27/h6,8,16-17,21,23,26H,3,5,7,9-15,18H2,1-2,4H3/b22-6-/t21?,23-/m1/s1. The zero-order valence-corrected chi connectivity index (χ0v) is 19.0. The molecule has 0 aromatic rings. The second-order valence-corrected chi connectivity index (χ2v) is 8.61. The average Bonchev–Trinajstić information content (AvgIpc) is 3.27. The van der Waals surface area contributed by atoms with Crippen LogP contribution >= 0.6 is 0 Å². The lowest BCUT2D eigenvalue weighted by Gasteiger charge is -2.38. The van der Waals surface area contributed by atoms with Crippen LogP contribution in [0.25, 0.3) is 0 Å². The molecule has 3 aliphatic rings. The Morgan fingerprint density at radius 2 is 2.00 bits per heavy atom. The lowest BCUT2D eigenvalue weighted by Crippen LogP contribution is -2.51. The van der Waals surface area contributed by atoms with E-state index >= 15 is 0 Å². The van der Waals surface area contributed by atoms with Gasteiger partial charge in [-0.1, -0.05) is 26.2 Å². The zero-order valence-electron chi connectivity index (χ0n) is 19.0. The second kappa shape index (κ2) is 10.2. The smallest absolute Gasteiger partial charge is 0.270 e. The van der Waals surface area contributed by atoms with Gasteiger partial charge in [0.25, 0.3) is 5.91 Å². The molecule has 1 unspecified atom stereocenters. The van der Waals surface area contributed by atoms with Crippen LogP contribution in [0.3, 0.4) is 0 Å². The number of hydrogen-bond acceptors (Lipinski definition) is 4. The maximum absolute atomic E-state index is 13.4. The lowest BCUT2D eigenvalue weighted by molar-refractivity contribution is -0.129. The molecule has 0 radical (unpaired) electrons. The Morgan fingerprint density at radius 1 is 1.27 bits per heavy atom.